The van der Waals surface area contributed by atoms with Gasteiger partial charge >= 0.3 is 5.97 Å². The van der Waals surface area contributed by atoms with Crippen LogP contribution in [0.4, 0.5) is 5.13 Å². The summed E-state index contributed by atoms with van der Waals surface area (Å²) < 4.78 is 11.3. The first-order valence-corrected chi connectivity index (χ1v) is 8.43. The molecule has 2 rings (SSSR count). The average Bonchev–Trinajstić information content (AvgIpc) is 2.92. The van der Waals surface area contributed by atoms with Crippen molar-refractivity contribution in [1.82, 2.24) is 4.98 Å². The predicted octanol–water partition coefficient (Wildman–Crippen LogP) is 3.37. The molecule has 1 aromatic heterocycles. The lowest BCUT2D eigenvalue weighted by Crippen LogP contribution is -2.20. The van der Waals surface area contributed by atoms with Gasteiger partial charge in [-0.1, -0.05) is 24.7 Å². The van der Waals surface area contributed by atoms with Crippen LogP contribution in [-0.4, -0.2) is 30.1 Å². The van der Waals surface area contributed by atoms with Crippen molar-refractivity contribution in [2.24, 2.45) is 0 Å². The number of unbranched alkanes of at least 4 members (excludes halogenated alkanes) is 1. The smallest absolute Gasteiger partial charge is 0.306 e. The Morgan fingerprint density at radius 1 is 1.30 bits per heavy atom. The van der Waals surface area contributed by atoms with Crippen molar-refractivity contribution in [2.75, 3.05) is 18.5 Å². The number of fused-ring (bicyclic) bond motifs is 1. The Balaban J connectivity index is 1.90. The molecule has 1 aromatic carbocycles. The maximum Gasteiger partial charge on any atom is 0.306 e. The lowest BCUT2D eigenvalue weighted by molar-refractivity contribution is -0.147. The zero-order valence-corrected chi connectivity index (χ0v) is 14.1. The summed E-state index contributed by atoms with van der Waals surface area (Å²) in [6.07, 6.45) is 2.02. The van der Waals surface area contributed by atoms with E-state index in [1.807, 2.05) is 32.0 Å². The fraction of sp³-hybridized carbons (Fsp3) is 0.438. The Kier molecular flexibility index (Phi) is 6.34. The minimum Gasteiger partial charge on any atom is -0.494 e. The van der Waals surface area contributed by atoms with E-state index in [2.05, 4.69) is 10.3 Å². The Bertz CT molecular complexity index is 684. The standard InChI is InChI=1S/C16H20N2O4S/c1-3-5-6-15(20)22-10-14(19)18-16-17-12-8-7-11(21-4-2)9-13(12)23-16/h7-9H,3-6,10H2,1-2H3,(H,17,18,19). The van der Waals surface area contributed by atoms with Crippen LogP contribution in [0.1, 0.15) is 33.1 Å². The summed E-state index contributed by atoms with van der Waals surface area (Å²) in [7, 11) is 0. The molecule has 0 unspecified atom stereocenters. The van der Waals surface area contributed by atoms with Gasteiger partial charge in [0.05, 0.1) is 16.8 Å². The summed E-state index contributed by atoms with van der Waals surface area (Å²) in [5.74, 6) is 0.0259. The monoisotopic (exact) mass is 336 g/mol. The molecule has 0 radical (unpaired) electrons. The number of aromatic nitrogens is 1. The first-order valence-electron chi connectivity index (χ1n) is 7.61. The first-order chi connectivity index (χ1) is 11.1. The SMILES string of the molecule is CCCCC(=O)OCC(=O)Nc1nc2ccc(OCC)cc2s1. The van der Waals surface area contributed by atoms with Crippen LogP contribution in [0.5, 0.6) is 5.75 Å². The van der Waals surface area contributed by atoms with Gasteiger partial charge in [-0.15, -0.1) is 0 Å². The van der Waals surface area contributed by atoms with E-state index >= 15 is 0 Å². The molecule has 1 amide bonds. The molecule has 1 N–H and O–H groups in total. The number of anilines is 1. The van der Waals surface area contributed by atoms with Gasteiger partial charge < -0.3 is 9.47 Å². The quantitative estimate of drug-likeness (QED) is 0.748. The molecular formula is C16H20N2O4S. The van der Waals surface area contributed by atoms with Crippen molar-refractivity contribution in [2.45, 2.75) is 33.1 Å². The molecule has 1 heterocycles. The molecule has 0 aliphatic heterocycles. The molecule has 0 bridgehead atoms. The second-order valence-electron chi connectivity index (χ2n) is 4.89. The van der Waals surface area contributed by atoms with Crippen LogP contribution in [0.2, 0.25) is 0 Å². The zero-order chi connectivity index (χ0) is 16.7. The zero-order valence-electron chi connectivity index (χ0n) is 13.3. The highest BCUT2D eigenvalue weighted by molar-refractivity contribution is 7.22. The molecule has 7 heteroatoms. The number of esters is 1. The summed E-state index contributed by atoms with van der Waals surface area (Å²) in [6, 6.07) is 5.57. The number of nitrogens with zero attached hydrogens (tertiary/aromatic N) is 1. The fourth-order valence-corrected chi connectivity index (χ4v) is 2.82. The van der Waals surface area contributed by atoms with E-state index in [0.717, 1.165) is 28.8 Å². The molecule has 0 saturated heterocycles. The highest BCUT2D eigenvalue weighted by Crippen LogP contribution is 2.29. The molecule has 0 saturated carbocycles. The number of hydrogen-bond donors (Lipinski definition) is 1. The molecule has 2 aromatic rings. The van der Waals surface area contributed by atoms with Crippen LogP contribution in [0.3, 0.4) is 0 Å². The Morgan fingerprint density at radius 2 is 2.13 bits per heavy atom. The number of hydrogen-bond acceptors (Lipinski definition) is 6. The van der Waals surface area contributed by atoms with Crippen LogP contribution < -0.4 is 10.1 Å². The number of thiazole rings is 1. The van der Waals surface area contributed by atoms with Gasteiger partial charge in [-0.2, -0.15) is 0 Å². The van der Waals surface area contributed by atoms with Crippen molar-refractivity contribution in [3.05, 3.63) is 18.2 Å². The van der Waals surface area contributed by atoms with Crippen molar-refractivity contribution >= 4 is 38.6 Å². The summed E-state index contributed by atoms with van der Waals surface area (Å²) in [6.45, 7) is 4.22. The summed E-state index contributed by atoms with van der Waals surface area (Å²) in [5.41, 5.74) is 0.786. The highest BCUT2D eigenvalue weighted by Gasteiger charge is 2.11. The topological polar surface area (TPSA) is 77.5 Å². The van der Waals surface area contributed by atoms with Crippen molar-refractivity contribution < 1.29 is 19.1 Å². The van der Waals surface area contributed by atoms with Gasteiger partial charge in [0.15, 0.2) is 11.7 Å². The molecule has 0 aliphatic carbocycles. The van der Waals surface area contributed by atoms with E-state index in [0.29, 0.717) is 18.2 Å². The van der Waals surface area contributed by atoms with E-state index in [1.54, 1.807) is 0 Å². The van der Waals surface area contributed by atoms with Gasteiger partial charge in [-0.05, 0) is 31.5 Å². The second-order valence-corrected chi connectivity index (χ2v) is 5.92. The third kappa shape index (κ3) is 5.21. The molecule has 0 spiro atoms. The molecule has 124 valence electrons. The second kappa shape index (κ2) is 8.47. The fourth-order valence-electron chi connectivity index (χ4n) is 1.91. The molecular weight excluding hydrogens is 316 g/mol. The molecule has 23 heavy (non-hydrogen) atoms. The average molecular weight is 336 g/mol. The van der Waals surface area contributed by atoms with E-state index in [1.165, 1.54) is 11.3 Å². The van der Waals surface area contributed by atoms with Crippen LogP contribution in [0, 0.1) is 0 Å². The van der Waals surface area contributed by atoms with Gasteiger partial charge in [0, 0.05) is 6.42 Å². The Morgan fingerprint density at radius 3 is 2.87 bits per heavy atom. The Labute approximate surface area is 138 Å². The van der Waals surface area contributed by atoms with E-state index in [4.69, 9.17) is 9.47 Å². The highest BCUT2D eigenvalue weighted by atomic mass is 32.1. The third-order valence-corrected chi connectivity index (χ3v) is 3.95. The van der Waals surface area contributed by atoms with Gasteiger partial charge in [0.1, 0.15) is 5.75 Å². The van der Waals surface area contributed by atoms with Crippen molar-refractivity contribution in [3.63, 3.8) is 0 Å². The maximum atomic E-state index is 11.8. The lowest BCUT2D eigenvalue weighted by Gasteiger charge is -2.03. The van der Waals surface area contributed by atoms with Crippen LogP contribution in [0.25, 0.3) is 10.2 Å². The summed E-state index contributed by atoms with van der Waals surface area (Å²) in [4.78, 5) is 27.5. The first kappa shape index (κ1) is 17.2. The van der Waals surface area contributed by atoms with Gasteiger partial charge in [-0.25, -0.2) is 4.98 Å². The van der Waals surface area contributed by atoms with Gasteiger partial charge in [-0.3, -0.25) is 14.9 Å². The number of ether oxygens (including phenoxy) is 2. The number of nitrogens with one attached hydrogen (secondary N) is 1. The molecule has 0 aliphatic rings. The number of carbonyl (C=O) groups excluding carboxylic acids is 2. The minimum atomic E-state index is -0.390. The van der Waals surface area contributed by atoms with Crippen molar-refractivity contribution in [3.8, 4) is 5.75 Å². The molecule has 0 atom stereocenters. The normalized spacial score (nSPS) is 10.5. The summed E-state index contributed by atoms with van der Waals surface area (Å²) >= 11 is 1.35. The van der Waals surface area contributed by atoms with E-state index < -0.39 is 0 Å². The maximum absolute atomic E-state index is 11.8. The van der Waals surface area contributed by atoms with E-state index in [9.17, 15) is 9.59 Å². The number of rotatable bonds is 8. The summed E-state index contributed by atoms with van der Waals surface area (Å²) in [5, 5.41) is 3.12. The largest absolute Gasteiger partial charge is 0.494 e. The lowest BCUT2D eigenvalue weighted by atomic mass is 10.2. The van der Waals surface area contributed by atoms with E-state index in [-0.39, 0.29) is 18.5 Å². The van der Waals surface area contributed by atoms with Gasteiger partial charge in [0.25, 0.3) is 5.91 Å². The minimum absolute atomic E-state index is 0.289. The third-order valence-electron chi connectivity index (χ3n) is 3.02. The number of benzene rings is 1. The number of amides is 1. The van der Waals surface area contributed by atoms with Crippen LogP contribution in [-0.2, 0) is 14.3 Å². The van der Waals surface area contributed by atoms with Crippen molar-refractivity contribution in [1.29, 1.82) is 0 Å². The Hall–Kier alpha value is -2.15. The predicted molar refractivity (Wildman–Crippen MR) is 89.9 cm³/mol. The van der Waals surface area contributed by atoms with Crippen LogP contribution >= 0.6 is 11.3 Å². The molecule has 0 fully saturated rings. The number of carbonyl (C=O) groups is 2. The van der Waals surface area contributed by atoms with Gasteiger partial charge in [0.2, 0.25) is 0 Å². The van der Waals surface area contributed by atoms with Crippen LogP contribution in [0.15, 0.2) is 18.2 Å². The molecule has 6 nitrogen and oxygen atoms in total.